The third kappa shape index (κ3) is 4.30. The maximum Gasteiger partial charge on any atom is 0.276 e. The Bertz CT molecular complexity index is 1120. The molecule has 0 saturated heterocycles. The molecule has 7 nitrogen and oxygen atoms in total. The molecule has 0 atom stereocenters. The van der Waals surface area contributed by atoms with Gasteiger partial charge in [0.1, 0.15) is 5.75 Å². The van der Waals surface area contributed by atoms with Crippen LogP contribution in [0.25, 0.3) is 10.9 Å². The van der Waals surface area contributed by atoms with Gasteiger partial charge in [0.05, 0.1) is 17.8 Å². The number of aromatic nitrogens is 3. The van der Waals surface area contributed by atoms with Crippen molar-refractivity contribution in [2.45, 2.75) is 6.92 Å². The number of hydrogen-bond donors (Lipinski definition) is 2. The van der Waals surface area contributed by atoms with Gasteiger partial charge in [-0.1, -0.05) is 18.2 Å². The largest absolute Gasteiger partial charge is 0.494 e. The predicted molar refractivity (Wildman–Crippen MR) is 113 cm³/mol. The lowest BCUT2D eigenvalue weighted by atomic mass is 10.2. The summed E-state index contributed by atoms with van der Waals surface area (Å²) < 4.78 is 5.42. The smallest absolute Gasteiger partial charge is 0.276 e. The molecule has 0 aliphatic carbocycles. The first-order valence-electron chi connectivity index (χ1n) is 9.21. The lowest BCUT2D eigenvalue weighted by molar-refractivity contribution is 0.102. The summed E-state index contributed by atoms with van der Waals surface area (Å²) in [6.07, 6.45) is 1.69. The molecule has 144 valence electrons. The Morgan fingerprint density at radius 2 is 1.79 bits per heavy atom. The predicted octanol–water partition coefficient (Wildman–Crippen LogP) is 4.42. The molecule has 2 N–H and O–H groups in total. The van der Waals surface area contributed by atoms with E-state index in [1.54, 1.807) is 18.3 Å². The van der Waals surface area contributed by atoms with Gasteiger partial charge >= 0.3 is 0 Å². The Labute approximate surface area is 167 Å². The second kappa shape index (κ2) is 8.35. The highest BCUT2D eigenvalue weighted by atomic mass is 16.5. The number of carbonyl (C=O) groups excluding carboxylic acids is 1. The number of para-hydroxylation sites is 1. The molecule has 29 heavy (non-hydrogen) atoms. The van der Waals surface area contributed by atoms with E-state index in [0.717, 1.165) is 22.3 Å². The van der Waals surface area contributed by atoms with E-state index in [4.69, 9.17) is 4.74 Å². The monoisotopic (exact) mass is 385 g/mol. The van der Waals surface area contributed by atoms with Crippen molar-refractivity contribution < 1.29 is 9.53 Å². The average molecular weight is 385 g/mol. The van der Waals surface area contributed by atoms with Crippen LogP contribution in [0.4, 0.5) is 17.2 Å². The zero-order valence-electron chi connectivity index (χ0n) is 15.8. The third-order valence-corrected chi connectivity index (χ3v) is 4.22. The molecule has 0 fully saturated rings. The van der Waals surface area contributed by atoms with Crippen molar-refractivity contribution in [3.8, 4) is 5.75 Å². The van der Waals surface area contributed by atoms with Crippen molar-refractivity contribution in [2.24, 2.45) is 0 Å². The van der Waals surface area contributed by atoms with Crippen molar-refractivity contribution in [3.05, 3.63) is 78.6 Å². The number of carbonyl (C=O) groups is 1. The van der Waals surface area contributed by atoms with E-state index >= 15 is 0 Å². The molecule has 2 heterocycles. The second-order valence-corrected chi connectivity index (χ2v) is 6.22. The highest BCUT2D eigenvalue weighted by Crippen LogP contribution is 2.22. The number of ether oxygens (including phenoxy) is 1. The number of fused-ring (bicyclic) bond motifs is 1. The average Bonchev–Trinajstić information content (AvgIpc) is 2.76. The molecular formula is C22H19N5O2. The summed E-state index contributed by atoms with van der Waals surface area (Å²) >= 11 is 0. The van der Waals surface area contributed by atoms with Gasteiger partial charge in [-0.15, -0.1) is 10.2 Å². The number of nitrogens with zero attached hydrogens (tertiary/aromatic N) is 3. The number of nitrogens with one attached hydrogen (secondary N) is 2. The van der Waals surface area contributed by atoms with Gasteiger partial charge < -0.3 is 15.4 Å². The lowest BCUT2D eigenvalue weighted by Gasteiger charge is -2.09. The minimum Gasteiger partial charge on any atom is -0.494 e. The Balaban J connectivity index is 1.45. The fourth-order valence-corrected chi connectivity index (χ4v) is 2.86. The molecule has 2 aromatic heterocycles. The number of pyridine rings is 1. The van der Waals surface area contributed by atoms with Crippen LogP contribution in [-0.2, 0) is 0 Å². The van der Waals surface area contributed by atoms with Crippen molar-refractivity contribution in [3.63, 3.8) is 0 Å². The van der Waals surface area contributed by atoms with Gasteiger partial charge in [0.2, 0.25) is 0 Å². The molecule has 0 saturated carbocycles. The molecule has 4 aromatic rings. The number of hydrogen-bond acceptors (Lipinski definition) is 6. The molecule has 1 amide bonds. The Hall–Kier alpha value is -4.00. The first-order chi connectivity index (χ1) is 14.2. The van der Waals surface area contributed by atoms with Crippen LogP contribution in [0.1, 0.15) is 17.4 Å². The zero-order chi connectivity index (χ0) is 20.1. The molecule has 0 spiro atoms. The van der Waals surface area contributed by atoms with Gasteiger partial charge in [0.15, 0.2) is 11.5 Å². The van der Waals surface area contributed by atoms with E-state index in [1.165, 1.54) is 0 Å². The standard InChI is InChI=1S/C22H19N5O2/c1-2-29-17-10-8-16(9-11-17)24-20-13-12-19(26-27-20)22(28)25-18-7-3-5-15-6-4-14-23-21(15)18/h3-14H,2H2,1H3,(H,24,27)(H,25,28). The molecule has 0 aliphatic heterocycles. The molecule has 2 aromatic carbocycles. The van der Waals surface area contributed by atoms with Gasteiger partial charge in [-0.2, -0.15) is 0 Å². The van der Waals surface area contributed by atoms with Gasteiger partial charge in [-0.05, 0) is 55.5 Å². The summed E-state index contributed by atoms with van der Waals surface area (Å²) in [5, 5.41) is 15.1. The van der Waals surface area contributed by atoms with Gasteiger partial charge in [0.25, 0.3) is 5.91 Å². The highest BCUT2D eigenvalue weighted by molar-refractivity contribution is 6.07. The van der Waals surface area contributed by atoms with Crippen LogP contribution in [0, 0.1) is 0 Å². The fourth-order valence-electron chi connectivity index (χ4n) is 2.86. The van der Waals surface area contributed by atoms with E-state index in [0.29, 0.717) is 18.1 Å². The van der Waals surface area contributed by atoms with Crippen molar-refractivity contribution in [1.29, 1.82) is 0 Å². The summed E-state index contributed by atoms with van der Waals surface area (Å²) in [6.45, 7) is 2.56. The summed E-state index contributed by atoms with van der Waals surface area (Å²) in [5.41, 5.74) is 2.42. The van der Waals surface area contributed by atoms with Crippen LogP contribution in [0.2, 0.25) is 0 Å². The maximum atomic E-state index is 12.6. The molecule has 7 heteroatoms. The van der Waals surface area contributed by atoms with E-state index in [2.05, 4.69) is 25.8 Å². The van der Waals surface area contributed by atoms with E-state index in [1.807, 2.05) is 61.5 Å². The number of anilines is 3. The van der Waals surface area contributed by atoms with Crippen LogP contribution < -0.4 is 15.4 Å². The van der Waals surface area contributed by atoms with Crippen molar-refractivity contribution in [1.82, 2.24) is 15.2 Å². The van der Waals surface area contributed by atoms with Gasteiger partial charge in [0, 0.05) is 17.3 Å². The Kier molecular flexibility index (Phi) is 5.29. The van der Waals surface area contributed by atoms with Crippen LogP contribution in [0.15, 0.2) is 72.9 Å². The lowest BCUT2D eigenvalue weighted by Crippen LogP contribution is -2.15. The molecule has 0 radical (unpaired) electrons. The van der Waals surface area contributed by atoms with Crippen LogP contribution in [0.3, 0.4) is 0 Å². The zero-order valence-corrected chi connectivity index (χ0v) is 15.8. The maximum absolute atomic E-state index is 12.6. The normalized spacial score (nSPS) is 10.5. The van der Waals surface area contributed by atoms with Crippen LogP contribution in [-0.4, -0.2) is 27.7 Å². The topological polar surface area (TPSA) is 89.0 Å². The Morgan fingerprint density at radius 1 is 0.966 bits per heavy atom. The number of benzene rings is 2. The molecule has 0 aliphatic rings. The minimum absolute atomic E-state index is 0.218. The van der Waals surface area contributed by atoms with Crippen LogP contribution >= 0.6 is 0 Å². The summed E-state index contributed by atoms with van der Waals surface area (Å²) in [6, 6.07) is 20.3. The summed E-state index contributed by atoms with van der Waals surface area (Å²) in [7, 11) is 0. The van der Waals surface area contributed by atoms with Crippen LogP contribution in [0.5, 0.6) is 5.75 Å². The van der Waals surface area contributed by atoms with E-state index < -0.39 is 0 Å². The van der Waals surface area contributed by atoms with Crippen molar-refractivity contribution in [2.75, 3.05) is 17.2 Å². The second-order valence-electron chi connectivity index (χ2n) is 6.22. The first kappa shape index (κ1) is 18.4. The SMILES string of the molecule is CCOc1ccc(Nc2ccc(C(=O)Nc3cccc4cccnc34)nn2)cc1. The third-order valence-electron chi connectivity index (χ3n) is 4.22. The fraction of sp³-hybridized carbons (Fsp3) is 0.0909. The first-order valence-corrected chi connectivity index (χ1v) is 9.21. The number of amides is 1. The van der Waals surface area contributed by atoms with E-state index in [-0.39, 0.29) is 11.6 Å². The molecule has 0 bridgehead atoms. The Morgan fingerprint density at radius 3 is 2.55 bits per heavy atom. The highest BCUT2D eigenvalue weighted by Gasteiger charge is 2.11. The van der Waals surface area contributed by atoms with Gasteiger partial charge in [-0.25, -0.2) is 0 Å². The molecular weight excluding hydrogens is 366 g/mol. The van der Waals surface area contributed by atoms with Crippen molar-refractivity contribution >= 4 is 34.0 Å². The van der Waals surface area contributed by atoms with E-state index in [9.17, 15) is 4.79 Å². The molecule has 0 unspecified atom stereocenters. The molecule has 4 rings (SSSR count). The van der Waals surface area contributed by atoms with Gasteiger partial charge in [-0.3, -0.25) is 9.78 Å². The minimum atomic E-state index is -0.344. The summed E-state index contributed by atoms with van der Waals surface area (Å²) in [5.74, 6) is 1.000. The number of rotatable bonds is 6. The quantitative estimate of drug-likeness (QED) is 0.511. The summed E-state index contributed by atoms with van der Waals surface area (Å²) in [4.78, 5) is 16.9.